The molecule has 1 unspecified atom stereocenters. The van der Waals surface area contributed by atoms with Crippen molar-refractivity contribution in [3.63, 3.8) is 0 Å². The van der Waals surface area contributed by atoms with Crippen molar-refractivity contribution in [1.82, 2.24) is 15.6 Å². The van der Waals surface area contributed by atoms with E-state index in [1.54, 1.807) is 25.5 Å². The molecule has 23 heavy (non-hydrogen) atoms. The Hall–Kier alpha value is -0.410. The number of nitrogens with one attached hydrogen (secondary N) is 2. The van der Waals surface area contributed by atoms with Crippen molar-refractivity contribution in [3.05, 3.63) is 16.1 Å². The highest BCUT2D eigenvalue weighted by atomic mass is 127. The first-order valence-electron chi connectivity index (χ1n) is 7.75. The number of halogens is 1. The third kappa shape index (κ3) is 8.85. The Morgan fingerprint density at radius 2 is 2.09 bits per heavy atom. The number of thiazole rings is 1. The van der Waals surface area contributed by atoms with Crippen LogP contribution in [-0.2, 0) is 11.2 Å². The molecule has 1 heterocycles. The maximum atomic E-state index is 5.54. The number of aryl methyl sites for hydroxylation is 2. The minimum atomic E-state index is 0. The normalized spacial score (nSPS) is 13.4. The molecule has 0 fully saturated rings. The minimum Gasteiger partial charge on any atom is -0.379 e. The van der Waals surface area contributed by atoms with Crippen LogP contribution < -0.4 is 10.6 Å². The molecule has 0 spiro atoms. The van der Waals surface area contributed by atoms with E-state index in [-0.39, 0.29) is 35.5 Å². The van der Waals surface area contributed by atoms with Crippen LogP contribution in [0.25, 0.3) is 0 Å². The molecule has 1 rings (SSSR count). The first-order valence-corrected chi connectivity index (χ1v) is 8.63. The quantitative estimate of drug-likeness (QED) is 0.288. The van der Waals surface area contributed by atoms with Crippen molar-refractivity contribution in [2.75, 3.05) is 27.2 Å². The van der Waals surface area contributed by atoms with E-state index >= 15 is 0 Å². The van der Waals surface area contributed by atoms with Crippen molar-refractivity contribution in [3.8, 4) is 0 Å². The first-order chi connectivity index (χ1) is 10.4. The van der Waals surface area contributed by atoms with Gasteiger partial charge in [0.05, 0.1) is 11.1 Å². The summed E-state index contributed by atoms with van der Waals surface area (Å²) in [6, 6.07) is 0. The molecule has 0 aromatic carbocycles. The van der Waals surface area contributed by atoms with E-state index in [9.17, 15) is 0 Å². The van der Waals surface area contributed by atoms with Gasteiger partial charge in [-0.05, 0) is 18.8 Å². The molecule has 0 aliphatic carbocycles. The monoisotopic (exact) mass is 454 g/mol. The second-order valence-corrected chi connectivity index (χ2v) is 7.40. The predicted octanol–water partition coefficient (Wildman–Crippen LogP) is 3.23. The van der Waals surface area contributed by atoms with E-state index in [4.69, 9.17) is 4.74 Å². The number of guanidine groups is 1. The zero-order chi connectivity index (χ0) is 16.6. The number of nitrogens with zero attached hydrogens (tertiary/aromatic N) is 2. The van der Waals surface area contributed by atoms with Gasteiger partial charge in [-0.25, -0.2) is 4.98 Å². The summed E-state index contributed by atoms with van der Waals surface area (Å²) in [5.74, 6) is 0.821. The molecule has 2 N–H and O–H groups in total. The molecule has 5 nitrogen and oxygen atoms in total. The minimum absolute atomic E-state index is 0. The molecule has 0 aliphatic rings. The van der Waals surface area contributed by atoms with Gasteiger partial charge in [0, 0.05) is 44.7 Å². The van der Waals surface area contributed by atoms with Gasteiger partial charge in [0.2, 0.25) is 0 Å². The van der Waals surface area contributed by atoms with Crippen LogP contribution in [0.4, 0.5) is 0 Å². The molecule has 134 valence electrons. The van der Waals surface area contributed by atoms with Gasteiger partial charge in [-0.2, -0.15) is 0 Å². The van der Waals surface area contributed by atoms with Crippen molar-refractivity contribution >= 4 is 41.3 Å². The van der Waals surface area contributed by atoms with E-state index < -0.39 is 0 Å². The van der Waals surface area contributed by atoms with Gasteiger partial charge >= 0.3 is 0 Å². The van der Waals surface area contributed by atoms with Crippen LogP contribution in [-0.4, -0.2) is 44.3 Å². The van der Waals surface area contributed by atoms with Crippen LogP contribution in [0.5, 0.6) is 0 Å². The number of rotatable bonds is 7. The molecule has 0 saturated heterocycles. The Morgan fingerprint density at radius 1 is 1.39 bits per heavy atom. The molecular formula is C16H31IN4OS. The van der Waals surface area contributed by atoms with E-state index in [0.29, 0.717) is 0 Å². The van der Waals surface area contributed by atoms with Crippen LogP contribution in [0.1, 0.15) is 37.9 Å². The van der Waals surface area contributed by atoms with Crippen molar-refractivity contribution in [2.24, 2.45) is 10.4 Å². The lowest BCUT2D eigenvalue weighted by molar-refractivity contribution is 0.0205. The number of methoxy groups -OCH3 is 1. The third-order valence-corrected chi connectivity index (χ3v) is 4.48. The Balaban J connectivity index is 0.00000484. The van der Waals surface area contributed by atoms with E-state index in [0.717, 1.165) is 37.6 Å². The summed E-state index contributed by atoms with van der Waals surface area (Å²) < 4.78 is 5.54. The molecule has 1 aromatic rings. The fourth-order valence-corrected chi connectivity index (χ4v) is 2.94. The van der Waals surface area contributed by atoms with Gasteiger partial charge < -0.3 is 15.4 Å². The standard InChI is InChI=1S/C16H30N4OS.HI/c1-12-11-22-14(20-12)8-7-9-18-15(17-5)19-10-13(21-6)16(2,3)4;/h11,13H,7-10H2,1-6H3,(H2,17,18,19);1H. The molecular weight excluding hydrogens is 423 g/mol. The highest BCUT2D eigenvalue weighted by molar-refractivity contribution is 14.0. The predicted molar refractivity (Wildman–Crippen MR) is 110 cm³/mol. The maximum Gasteiger partial charge on any atom is 0.191 e. The van der Waals surface area contributed by atoms with Gasteiger partial charge in [-0.1, -0.05) is 20.8 Å². The molecule has 0 amide bonds. The summed E-state index contributed by atoms with van der Waals surface area (Å²) in [6.07, 6.45) is 2.19. The van der Waals surface area contributed by atoms with Crippen molar-refractivity contribution in [2.45, 2.75) is 46.6 Å². The summed E-state index contributed by atoms with van der Waals surface area (Å²) in [6.45, 7) is 10.2. The zero-order valence-corrected chi connectivity index (χ0v) is 18.2. The van der Waals surface area contributed by atoms with E-state index in [1.807, 2.05) is 6.92 Å². The lowest BCUT2D eigenvalue weighted by Gasteiger charge is -2.30. The Morgan fingerprint density at radius 3 is 2.57 bits per heavy atom. The molecule has 0 bridgehead atoms. The first kappa shape index (κ1) is 22.6. The molecule has 0 radical (unpaired) electrons. The van der Waals surface area contributed by atoms with Gasteiger partial charge in [-0.15, -0.1) is 35.3 Å². The average Bonchev–Trinajstić information content (AvgIpc) is 2.86. The number of ether oxygens (including phenoxy) is 1. The largest absolute Gasteiger partial charge is 0.379 e. The van der Waals surface area contributed by atoms with Gasteiger partial charge in [-0.3, -0.25) is 4.99 Å². The Kier molecular flexibility index (Phi) is 11.0. The smallest absolute Gasteiger partial charge is 0.191 e. The van der Waals surface area contributed by atoms with Gasteiger partial charge in [0.15, 0.2) is 5.96 Å². The summed E-state index contributed by atoms with van der Waals surface area (Å²) in [5, 5.41) is 9.97. The molecule has 1 atom stereocenters. The second-order valence-electron chi connectivity index (χ2n) is 6.46. The van der Waals surface area contributed by atoms with E-state index in [1.165, 1.54) is 5.01 Å². The van der Waals surface area contributed by atoms with Crippen LogP contribution in [0, 0.1) is 12.3 Å². The number of hydrogen-bond donors (Lipinski definition) is 2. The molecule has 0 saturated carbocycles. The van der Waals surface area contributed by atoms with Crippen LogP contribution >= 0.6 is 35.3 Å². The van der Waals surface area contributed by atoms with Gasteiger partial charge in [0.25, 0.3) is 0 Å². The average molecular weight is 454 g/mol. The van der Waals surface area contributed by atoms with Crippen LogP contribution in [0.2, 0.25) is 0 Å². The second kappa shape index (κ2) is 11.2. The summed E-state index contributed by atoms with van der Waals surface area (Å²) in [5.41, 5.74) is 1.21. The van der Waals surface area contributed by atoms with Crippen molar-refractivity contribution in [1.29, 1.82) is 0 Å². The SMILES string of the molecule is CN=C(NCCCc1nc(C)cs1)NCC(OC)C(C)(C)C.I. The summed E-state index contributed by atoms with van der Waals surface area (Å²) in [7, 11) is 3.54. The number of aliphatic imine (C=N–C) groups is 1. The lowest BCUT2D eigenvalue weighted by Crippen LogP contribution is -2.45. The fraction of sp³-hybridized carbons (Fsp3) is 0.750. The van der Waals surface area contributed by atoms with Gasteiger partial charge in [0.1, 0.15) is 0 Å². The molecule has 0 aliphatic heterocycles. The highest BCUT2D eigenvalue weighted by Gasteiger charge is 2.24. The maximum absolute atomic E-state index is 5.54. The summed E-state index contributed by atoms with van der Waals surface area (Å²) >= 11 is 1.73. The number of aromatic nitrogens is 1. The van der Waals surface area contributed by atoms with Crippen LogP contribution in [0.15, 0.2) is 10.4 Å². The Bertz CT molecular complexity index is 471. The van der Waals surface area contributed by atoms with Crippen molar-refractivity contribution < 1.29 is 4.74 Å². The summed E-state index contributed by atoms with van der Waals surface area (Å²) in [4.78, 5) is 8.72. The highest BCUT2D eigenvalue weighted by Crippen LogP contribution is 2.20. The van der Waals surface area contributed by atoms with E-state index in [2.05, 4.69) is 46.8 Å². The number of hydrogen-bond acceptors (Lipinski definition) is 4. The lowest BCUT2D eigenvalue weighted by atomic mass is 9.89. The topological polar surface area (TPSA) is 58.5 Å². The molecule has 7 heteroatoms. The fourth-order valence-electron chi connectivity index (χ4n) is 2.12. The molecule has 1 aromatic heterocycles. The Labute approximate surface area is 161 Å². The van der Waals surface area contributed by atoms with Crippen LogP contribution in [0.3, 0.4) is 0 Å². The third-order valence-electron chi connectivity index (χ3n) is 3.46. The zero-order valence-electron chi connectivity index (χ0n) is 15.1.